The van der Waals surface area contributed by atoms with Crippen molar-refractivity contribution in [1.82, 2.24) is 5.32 Å². The van der Waals surface area contributed by atoms with Crippen LogP contribution in [0.2, 0.25) is 0 Å². The second-order valence-electron chi connectivity index (χ2n) is 5.56. The van der Waals surface area contributed by atoms with Gasteiger partial charge in [0, 0.05) is 12.5 Å². The first-order valence-electron chi connectivity index (χ1n) is 7.74. The summed E-state index contributed by atoms with van der Waals surface area (Å²) in [6, 6.07) is 7.51. The van der Waals surface area contributed by atoms with E-state index in [4.69, 9.17) is 5.11 Å². The molecule has 0 bridgehead atoms. The Morgan fingerprint density at radius 3 is 2.48 bits per heavy atom. The van der Waals surface area contributed by atoms with Gasteiger partial charge in [-0.3, -0.25) is 4.79 Å². The molecule has 0 fully saturated rings. The van der Waals surface area contributed by atoms with Crippen LogP contribution in [0.3, 0.4) is 0 Å². The van der Waals surface area contributed by atoms with Crippen LogP contribution >= 0.6 is 0 Å². The van der Waals surface area contributed by atoms with Crippen LogP contribution in [0.5, 0.6) is 0 Å². The summed E-state index contributed by atoms with van der Waals surface area (Å²) in [4.78, 5) is 10.8. The van der Waals surface area contributed by atoms with Gasteiger partial charge in [0.25, 0.3) is 0 Å². The summed E-state index contributed by atoms with van der Waals surface area (Å²) in [6.07, 6.45) is 3.14. The fraction of sp³-hybridized carbons (Fsp3) is 0.588. The molecule has 0 radical (unpaired) electrons. The van der Waals surface area contributed by atoms with E-state index in [1.54, 1.807) is 0 Å². The molecular formula is C17H27NO3. The summed E-state index contributed by atoms with van der Waals surface area (Å²) in [5.41, 5.74) is 1.97. The lowest BCUT2D eigenvalue weighted by Crippen LogP contribution is -2.36. The van der Waals surface area contributed by atoms with E-state index in [1.807, 2.05) is 31.2 Å². The number of aliphatic hydroxyl groups excluding tert-OH is 1. The first-order valence-corrected chi connectivity index (χ1v) is 7.74. The van der Waals surface area contributed by atoms with E-state index in [9.17, 15) is 9.90 Å². The van der Waals surface area contributed by atoms with Gasteiger partial charge in [-0.25, -0.2) is 0 Å². The molecule has 0 amide bonds. The van der Waals surface area contributed by atoms with E-state index in [0.717, 1.165) is 36.9 Å². The van der Waals surface area contributed by atoms with Gasteiger partial charge >= 0.3 is 5.97 Å². The molecule has 118 valence electrons. The zero-order chi connectivity index (χ0) is 15.7. The van der Waals surface area contributed by atoms with Crippen molar-refractivity contribution in [2.75, 3.05) is 6.54 Å². The third kappa shape index (κ3) is 6.74. The van der Waals surface area contributed by atoms with Gasteiger partial charge in [0.2, 0.25) is 0 Å². The van der Waals surface area contributed by atoms with Gasteiger partial charge in [-0.05, 0) is 31.9 Å². The summed E-state index contributed by atoms with van der Waals surface area (Å²) >= 11 is 0. The molecular weight excluding hydrogens is 266 g/mol. The van der Waals surface area contributed by atoms with Gasteiger partial charge in [-0.1, -0.05) is 49.6 Å². The van der Waals surface area contributed by atoms with Crippen LogP contribution in [0, 0.1) is 6.92 Å². The highest BCUT2D eigenvalue weighted by molar-refractivity contribution is 5.66. The number of carboxylic acids is 1. The SMILES string of the molecule is CCCCCNC(CCC(=O)O)C(O)c1ccc(C)cc1. The fourth-order valence-corrected chi connectivity index (χ4v) is 2.31. The maximum absolute atomic E-state index is 10.8. The molecule has 1 rings (SSSR count). The van der Waals surface area contributed by atoms with Crippen molar-refractivity contribution < 1.29 is 15.0 Å². The Morgan fingerprint density at radius 1 is 1.24 bits per heavy atom. The van der Waals surface area contributed by atoms with E-state index in [1.165, 1.54) is 0 Å². The number of aryl methyl sites for hydroxylation is 1. The van der Waals surface area contributed by atoms with Gasteiger partial charge in [0.1, 0.15) is 0 Å². The first kappa shape index (κ1) is 17.7. The summed E-state index contributed by atoms with van der Waals surface area (Å²) in [5, 5.41) is 22.6. The number of rotatable bonds is 10. The van der Waals surface area contributed by atoms with Gasteiger partial charge in [0.05, 0.1) is 6.10 Å². The molecule has 0 saturated heterocycles. The molecule has 0 saturated carbocycles. The Bertz CT molecular complexity index is 417. The average molecular weight is 293 g/mol. The topological polar surface area (TPSA) is 69.6 Å². The third-order valence-corrected chi connectivity index (χ3v) is 3.66. The number of nitrogens with one attached hydrogen (secondary N) is 1. The molecule has 0 aliphatic heterocycles. The van der Waals surface area contributed by atoms with Gasteiger partial charge in [0.15, 0.2) is 0 Å². The number of hydrogen-bond donors (Lipinski definition) is 3. The maximum atomic E-state index is 10.8. The smallest absolute Gasteiger partial charge is 0.303 e. The van der Waals surface area contributed by atoms with E-state index in [-0.39, 0.29) is 12.5 Å². The second kappa shape index (κ2) is 9.53. The maximum Gasteiger partial charge on any atom is 0.303 e. The highest BCUT2D eigenvalue weighted by atomic mass is 16.4. The number of aliphatic carboxylic acids is 1. The number of carbonyl (C=O) groups is 1. The Morgan fingerprint density at radius 2 is 1.90 bits per heavy atom. The van der Waals surface area contributed by atoms with Crippen molar-refractivity contribution in [3.05, 3.63) is 35.4 Å². The van der Waals surface area contributed by atoms with Crippen molar-refractivity contribution in [3.63, 3.8) is 0 Å². The molecule has 4 nitrogen and oxygen atoms in total. The van der Waals surface area contributed by atoms with Crippen molar-refractivity contribution >= 4 is 5.97 Å². The van der Waals surface area contributed by atoms with Crippen LogP contribution in [-0.4, -0.2) is 28.8 Å². The normalized spacial score (nSPS) is 13.9. The molecule has 0 aliphatic carbocycles. The molecule has 21 heavy (non-hydrogen) atoms. The quantitative estimate of drug-likeness (QED) is 0.580. The Hall–Kier alpha value is -1.39. The minimum Gasteiger partial charge on any atom is -0.481 e. The molecule has 4 heteroatoms. The average Bonchev–Trinajstić information content (AvgIpc) is 2.46. The summed E-state index contributed by atoms with van der Waals surface area (Å²) in [6.45, 7) is 4.95. The zero-order valence-electron chi connectivity index (χ0n) is 13.0. The lowest BCUT2D eigenvalue weighted by molar-refractivity contribution is -0.137. The molecule has 1 aromatic rings. The monoisotopic (exact) mass is 293 g/mol. The lowest BCUT2D eigenvalue weighted by Gasteiger charge is -2.24. The second-order valence-corrected chi connectivity index (χ2v) is 5.56. The zero-order valence-corrected chi connectivity index (χ0v) is 13.0. The lowest BCUT2D eigenvalue weighted by atomic mass is 9.97. The van der Waals surface area contributed by atoms with E-state index in [2.05, 4.69) is 12.2 Å². The van der Waals surface area contributed by atoms with Gasteiger partial charge < -0.3 is 15.5 Å². The predicted molar refractivity (Wildman–Crippen MR) is 84.3 cm³/mol. The van der Waals surface area contributed by atoms with Crippen molar-refractivity contribution in [2.45, 2.75) is 58.1 Å². The van der Waals surface area contributed by atoms with Crippen LogP contribution in [0.15, 0.2) is 24.3 Å². The first-order chi connectivity index (χ1) is 10.0. The van der Waals surface area contributed by atoms with Crippen molar-refractivity contribution in [1.29, 1.82) is 0 Å². The molecule has 0 spiro atoms. The number of carboxylic acid groups (broad SMARTS) is 1. The van der Waals surface area contributed by atoms with Crippen LogP contribution in [-0.2, 0) is 4.79 Å². The van der Waals surface area contributed by atoms with Crippen LogP contribution < -0.4 is 5.32 Å². The van der Waals surface area contributed by atoms with Crippen LogP contribution in [0.4, 0.5) is 0 Å². The standard InChI is InChI=1S/C17H27NO3/c1-3-4-5-12-18-15(10-11-16(19)20)17(21)14-8-6-13(2)7-9-14/h6-9,15,17-18,21H,3-5,10-12H2,1-2H3,(H,19,20). The Balaban J connectivity index is 2.63. The Kier molecular flexibility index (Phi) is 8.01. The fourth-order valence-electron chi connectivity index (χ4n) is 2.31. The predicted octanol–water partition coefficient (Wildman–Crippen LogP) is 3.04. The highest BCUT2D eigenvalue weighted by Crippen LogP contribution is 2.20. The summed E-state index contributed by atoms with van der Waals surface area (Å²) < 4.78 is 0. The van der Waals surface area contributed by atoms with Gasteiger partial charge in [-0.2, -0.15) is 0 Å². The molecule has 0 heterocycles. The summed E-state index contributed by atoms with van der Waals surface area (Å²) in [5.74, 6) is -0.827. The van der Waals surface area contributed by atoms with Crippen LogP contribution in [0.25, 0.3) is 0 Å². The number of unbranched alkanes of at least 4 members (excludes halogenated alkanes) is 2. The molecule has 2 atom stereocenters. The minimum absolute atomic E-state index is 0.0639. The molecule has 0 aliphatic rings. The molecule has 0 aromatic heterocycles. The third-order valence-electron chi connectivity index (χ3n) is 3.66. The van der Waals surface area contributed by atoms with E-state index < -0.39 is 12.1 Å². The summed E-state index contributed by atoms with van der Waals surface area (Å²) in [7, 11) is 0. The van der Waals surface area contributed by atoms with Crippen molar-refractivity contribution in [3.8, 4) is 0 Å². The largest absolute Gasteiger partial charge is 0.481 e. The van der Waals surface area contributed by atoms with Gasteiger partial charge in [-0.15, -0.1) is 0 Å². The van der Waals surface area contributed by atoms with E-state index >= 15 is 0 Å². The Labute approximate surface area is 127 Å². The molecule has 1 aromatic carbocycles. The molecule has 3 N–H and O–H groups in total. The van der Waals surface area contributed by atoms with E-state index in [0.29, 0.717) is 6.42 Å². The number of hydrogen-bond acceptors (Lipinski definition) is 3. The number of benzene rings is 1. The number of aliphatic hydroxyl groups is 1. The van der Waals surface area contributed by atoms with Crippen molar-refractivity contribution in [2.24, 2.45) is 0 Å². The molecule has 2 unspecified atom stereocenters. The van der Waals surface area contributed by atoms with Crippen LogP contribution in [0.1, 0.15) is 56.3 Å². The highest BCUT2D eigenvalue weighted by Gasteiger charge is 2.21. The minimum atomic E-state index is -0.827.